The first-order valence-corrected chi connectivity index (χ1v) is 6.76. The maximum Gasteiger partial charge on any atom is 0.237 e. The van der Waals surface area contributed by atoms with Crippen LogP contribution >= 0.6 is 0 Å². The van der Waals surface area contributed by atoms with Crippen molar-refractivity contribution in [2.24, 2.45) is 12.8 Å². The number of aromatic hydroxyl groups is 1. The van der Waals surface area contributed by atoms with E-state index in [2.05, 4.69) is 10.4 Å². The van der Waals surface area contributed by atoms with Crippen LogP contribution in [0.2, 0.25) is 0 Å². The largest absolute Gasteiger partial charge is 0.508 e. The summed E-state index contributed by atoms with van der Waals surface area (Å²) in [6.45, 7) is 2.32. The number of phenols is 1. The maximum absolute atomic E-state index is 12.0. The minimum Gasteiger partial charge on any atom is -0.508 e. The van der Waals surface area contributed by atoms with E-state index in [1.165, 1.54) is 0 Å². The molecule has 6 nitrogen and oxygen atoms in total. The fraction of sp³-hybridized carbons (Fsp3) is 0.333. The molecule has 112 valence electrons. The van der Waals surface area contributed by atoms with Crippen LogP contribution in [0.15, 0.2) is 30.5 Å². The van der Waals surface area contributed by atoms with E-state index in [9.17, 15) is 9.90 Å². The van der Waals surface area contributed by atoms with Crippen LogP contribution in [0.5, 0.6) is 5.75 Å². The van der Waals surface area contributed by atoms with Crippen LogP contribution in [-0.4, -0.2) is 26.8 Å². The molecule has 1 unspecified atom stereocenters. The van der Waals surface area contributed by atoms with Crippen molar-refractivity contribution >= 4 is 5.91 Å². The molecule has 0 radical (unpaired) electrons. The molecule has 1 aromatic heterocycles. The zero-order chi connectivity index (χ0) is 15.4. The van der Waals surface area contributed by atoms with E-state index in [0.29, 0.717) is 13.0 Å². The van der Waals surface area contributed by atoms with E-state index in [1.807, 2.05) is 20.2 Å². The number of amides is 1. The van der Waals surface area contributed by atoms with E-state index in [-0.39, 0.29) is 11.7 Å². The Hall–Kier alpha value is -2.34. The summed E-state index contributed by atoms with van der Waals surface area (Å²) < 4.78 is 1.72. The SMILES string of the molecule is Cc1nn(C)cc1CNC(=O)C(N)Cc1ccc(O)cc1. The third-order valence-corrected chi connectivity index (χ3v) is 3.30. The summed E-state index contributed by atoms with van der Waals surface area (Å²) in [5.41, 5.74) is 8.68. The van der Waals surface area contributed by atoms with Gasteiger partial charge in [0.25, 0.3) is 0 Å². The Balaban J connectivity index is 1.87. The lowest BCUT2D eigenvalue weighted by Gasteiger charge is -2.12. The number of aromatic nitrogens is 2. The minimum atomic E-state index is -0.619. The van der Waals surface area contributed by atoms with Crippen molar-refractivity contribution in [1.82, 2.24) is 15.1 Å². The molecule has 0 aliphatic heterocycles. The Morgan fingerprint density at radius 2 is 2.10 bits per heavy atom. The molecule has 1 aromatic carbocycles. The van der Waals surface area contributed by atoms with Crippen molar-refractivity contribution < 1.29 is 9.90 Å². The molecule has 0 spiro atoms. The normalized spacial score (nSPS) is 12.1. The standard InChI is InChI=1S/C15H20N4O2/c1-10-12(9-19(2)18-10)8-17-15(21)14(16)7-11-3-5-13(20)6-4-11/h3-6,9,14,20H,7-8,16H2,1-2H3,(H,17,21). The Morgan fingerprint density at radius 3 is 2.67 bits per heavy atom. The van der Waals surface area contributed by atoms with Gasteiger partial charge in [0.15, 0.2) is 0 Å². The topological polar surface area (TPSA) is 93.2 Å². The summed E-state index contributed by atoms with van der Waals surface area (Å²) in [4.78, 5) is 12.0. The van der Waals surface area contributed by atoms with E-state index in [4.69, 9.17) is 5.73 Å². The van der Waals surface area contributed by atoms with Gasteiger partial charge in [0.05, 0.1) is 11.7 Å². The van der Waals surface area contributed by atoms with Gasteiger partial charge in [0.1, 0.15) is 5.75 Å². The first kappa shape index (κ1) is 15.1. The maximum atomic E-state index is 12.0. The highest BCUT2D eigenvalue weighted by Gasteiger charge is 2.14. The van der Waals surface area contributed by atoms with Crippen LogP contribution in [-0.2, 0) is 24.8 Å². The third kappa shape index (κ3) is 4.06. The number of nitrogens with two attached hydrogens (primary N) is 1. The predicted octanol–water partition coefficient (Wildman–Crippen LogP) is 0.620. The van der Waals surface area contributed by atoms with Gasteiger partial charge in [-0.05, 0) is 31.0 Å². The molecule has 1 amide bonds. The van der Waals surface area contributed by atoms with Gasteiger partial charge in [0, 0.05) is 25.4 Å². The zero-order valence-electron chi connectivity index (χ0n) is 12.2. The lowest BCUT2D eigenvalue weighted by Crippen LogP contribution is -2.41. The van der Waals surface area contributed by atoms with Gasteiger partial charge in [-0.1, -0.05) is 12.1 Å². The van der Waals surface area contributed by atoms with E-state index >= 15 is 0 Å². The Labute approximate surface area is 123 Å². The molecule has 6 heteroatoms. The summed E-state index contributed by atoms with van der Waals surface area (Å²) >= 11 is 0. The molecule has 0 saturated heterocycles. The van der Waals surface area contributed by atoms with Gasteiger partial charge >= 0.3 is 0 Å². The molecule has 1 heterocycles. The summed E-state index contributed by atoms with van der Waals surface area (Å²) in [6, 6.07) is 6.06. The van der Waals surface area contributed by atoms with Gasteiger partial charge < -0.3 is 16.2 Å². The monoisotopic (exact) mass is 288 g/mol. The predicted molar refractivity (Wildman–Crippen MR) is 79.6 cm³/mol. The molecular weight excluding hydrogens is 268 g/mol. The fourth-order valence-electron chi connectivity index (χ4n) is 2.11. The highest BCUT2D eigenvalue weighted by Crippen LogP contribution is 2.11. The van der Waals surface area contributed by atoms with E-state index in [0.717, 1.165) is 16.8 Å². The Kier molecular flexibility index (Phi) is 4.59. The van der Waals surface area contributed by atoms with Gasteiger partial charge in [-0.2, -0.15) is 5.10 Å². The summed E-state index contributed by atoms with van der Waals surface area (Å²) in [5, 5.41) is 16.3. The van der Waals surface area contributed by atoms with Crippen LogP contribution in [0, 0.1) is 6.92 Å². The number of rotatable bonds is 5. The van der Waals surface area contributed by atoms with Crippen LogP contribution in [0.25, 0.3) is 0 Å². The van der Waals surface area contributed by atoms with Crippen molar-refractivity contribution in [1.29, 1.82) is 0 Å². The Bertz CT molecular complexity index is 619. The molecule has 2 aromatic rings. The molecule has 0 aliphatic rings. The van der Waals surface area contributed by atoms with E-state index < -0.39 is 6.04 Å². The van der Waals surface area contributed by atoms with Crippen LogP contribution < -0.4 is 11.1 Å². The van der Waals surface area contributed by atoms with Crippen molar-refractivity contribution in [2.75, 3.05) is 0 Å². The average Bonchev–Trinajstić information content (AvgIpc) is 2.76. The molecule has 1 atom stereocenters. The summed E-state index contributed by atoms with van der Waals surface area (Å²) in [6.07, 6.45) is 2.30. The minimum absolute atomic E-state index is 0.198. The molecular formula is C15H20N4O2. The number of nitrogens with one attached hydrogen (secondary N) is 1. The first-order valence-electron chi connectivity index (χ1n) is 6.76. The number of carbonyl (C=O) groups is 1. The van der Waals surface area contributed by atoms with Crippen molar-refractivity contribution in [3.05, 3.63) is 47.3 Å². The highest BCUT2D eigenvalue weighted by atomic mass is 16.3. The fourth-order valence-corrected chi connectivity index (χ4v) is 2.11. The van der Waals surface area contributed by atoms with Crippen molar-refractivity contribution in [3.63, 3.8) is 0 Å². The average molecular weight is 288 g/mol. The number of carbonyl (C=O) groups excluding carboxylic acids is 1. The lowest BCUT2D eigenvalue weighted by molar-refractivity contribution is -0.122. The molecule has 0 bridgehead atoms. The quantitative estimate of drug-likeness (QED) is 0.752. The second-order valence-electron chi connectivity index (χ2n) is 5.11. The molecule has 0 saturated carbocycles. The van der Waals surface area contributed by atoms with Gasteiger partial charge in [-0.25, -0.2) is 0 Å². The first-order chi connectivity index (χ1) is 9.95. The van der Waals surface area contributed by atoms with Gasteiger partial charge in [0.2, 0.25) is 5.91 Å². The summed E-state index contributed by atoms with van der Waals surface area (Å²) in [5.74, 6) is -0.00449. The van der Waals surface area contributed by atoms with E-state index in [1.54, 1.807) is 28.9 Å². The van der Waals surface area contributed by atoms with Gasteiger partial charge in [-0.15, -0.1) is 0 Å². The van der Waals surface area contributed by atoms with Crippen LogP contribution in [0.3, 0.4) is 0 Å². The second kappa shape index (κ2) is 6.41. The second-order valence-corrected chi connectivity index (χ2v) is 5.11. The number of hydrogen-bond donors (Lipinski definition) is 3. The number of hydrogen-bond acceptors (Lipinski definition) is 4. The zero-order valence-corrected chi connectivity index (χ0v) is 12.2. The van der Waals surface area contributed by atoms with Crippen LogP contribution in [0.1, 0.15) is 16.8 Å². The number of aryl methyl sites for hydroxylation is 2. The number of phenolic OH excluding ortho intramolecular Hbond substituents is 1. The highest BCUT2D eigenvalue weighted by molar-refractivity contribution is 5.81. The molecule has 0 aliphatic carbocycles. The van der Waals surface area contributed by atoms with Crippen LogP contribution in [0.4, 0.5) is 0 Å². The number of nitrogens with zero attached hydrogens (tertiary/aromatic N) is 2. The van der Waals surface area contributed by atoms with Crippen molar-refractivity contribution in [3.8, 4) is 5.75 Å². The molecule has 0 fully saturated rings. The number of benzene rings is 1. The third-order valence-electron chi connectivity index (χ3n) is 3.30. The molecule has 4 N–H and O–H groups in total. The molecule has 21 heavy (non-hydrogen) atoms. The smallest absolute Gasteiger partial charge is 0.237 e. The van der Waals surface area contributed by atoms with Gasteiger partial charge in [-0.3, -0.25) is 9.48 Å². The summed E-state index contributed by atoms with van der Waals surface area (Å²) in [7, 11) is 1.84. The Morgan fingerprint density at radius 1 is 1.43 bits per heavy atom. The molecule has 2 rings (SSSR count). The van der Waals surface area contributed by atoms with Crippen molar-refractivity contribution in [2.45, 2.75) is 25.9 Å². The lowest BCUT2D eigenvalue weighted by atomic mass is 10.1.